The Kier molecular flexibility index (Phi) is 6.57. The molecule has 1 fully saturated rings. The third-order valence-electron chi connectivity index (χ3n) is 5.81. The minimum absolute atomic E-state index is 0.0198. The summed E-state index contributed by atoms with van der Waals surface area (Å²) < 4.78 is 15.0. The highest BCUT2D eigenvalue weighted by molar-refractivity contribution is 6.03. The van der Waals surface area contributed by atoms with E-state index in [-0.39, 0.29) is 29.9 Å². The Morgan fingerprint density at radius 3 is 2.39 bits per heavy atom. The van der Waals surface area contributed by atoms with Crippen LogP contribution in [0, 0.1) is 5.82 Å². The van der Waals surface area contributed by atoms with Crippen LogP contribution in [0.2, 0.25) is 0 Å². The second-order valence-electron chi connectivity index (χ2n) is 8.88. The average Bonchev–Trinajstić information content (AvgIpc) is 3.20. The molecule has 3 N–H and O–H groups in total. The van der Waals surface area contributed by atoms with Crippen molar-refractivity contribution in [3.63, 3.8) is 0 Å². The number of rotatable bonds is 6. The maximum atomic E-state index is 13.3. The molecule has 3 aromatic heterocycles. The second-order valence-corrected chi connectivity index (χ2v) is 8.88. The summed E-state index contributed by atoms with van der Waals surface area (Å²) in [5.74, 6) is -0.597. The first-order valence-corrected chi connectivity index (χ1v) is 11.3. The number of carbonyl (C=O) groups is 2. The van der Waals surface area contributed by atoms with Crippen molar-refractivity contribution in [2.75, 3.05) is 5.32 Å². The maximum Gasteiger partial charge on any atom is 0.255 e. The average molecular weight is 453 g/mol. The molecule has 0 radical (unpaired) electrons. The molecular weight excluding hydrogens is 423 g/mol. The van der Waals surface area contributed by atoms with E-state index in [1.807, 2.05) is 26.1 Å². The van der Waals surface area contributed by atoms with Gasteiger partial charge in [-0.15, -0.1) is 0 Å². The van der Waals surface area contributed by atoms with Crippen molar-refractivity contribution >= 4 is 23.0 Å². The lowest BCUT2D eigenvalue weighted by atomic mass is 9.91. The van der Waals surface area contributed by atoms with Gasteiger partial charge in [0.05, 0.1) is 34.9 Å². The van der Waals surface area contributed by atoms with Crippen LogP contribution in [-0.4, -0.2) is 44.5 Å². The van der Waals surface area contributed by atoms with Gasteiger partial charge in [0.2, 0.25) is 5.91 Å². The summed E-state index contributed by atoms with van der Waals surface area (Å²) in [4.78, 5) is 28.6. The maximum absolute atomic E-state index is 13.3. The van der Waals surface area contributed by atoms with Crippen molar-refractivity contribution < 1.29 is 14.0 Å². The van der Waals surface area contributed by atoms with E-state index in [0.717, 1.165) is 36.8 Å². The van der Waals surface area contributed by atoms with Gasteiger partial charge < -0.3 is 16.0 Å². The smallest absolute Gasteiger partial charge is 0.255 e. The zero-order valence-electron chi connectivity index (χ0n) is 19.1. The van der Waals surface area contributed by atoms with Gasteiger partial charge >= 0.3 is 0 Å². The lowest BCUT2D eigenvalue weighted by molar-refractivity contribution is -0.119. The summed E-state index contributed by atoms with van der Waals surface area (Å²) in [6.45, 7) is 5.54. The van der Waals surface area contributed by atoms with E-state index >= 15 is 0 Å². The van der Waals surface area contributed by atoms with Crippen molar-refractivity contribution in [1.29, 1.82) is 0 Å². The normalized spacial score (nSPS) is 18.3. The topological polar surface area (TPSA) is 100 Å². The number of anilines is 1. The minimum atomic E-state index is -0.395. The van der Waals surface area contributed by atoms with Crippen LogP contribution in [0.15, 0.2) is 36.8 Å². The molecule has 0 aliphatic heterocycles. The molecule has 8 nitrogen and oxygen atoms in total. The number of carbonyl (C=O) groups excluding carboxylic acids is 2. The Bertz CT molecular complexity index is 1150. The van der Waals surface area contributed by atoms with Crippen LogP contribution in [0.1, 0.15) is 56.8 Å². The molecule has 0 bridgehead atoms. The van der Waals surface area contributed by atoms with Crippen LogP contribution in [0.3, 0.4) is 0 Å². The zero-order valence-corrected chi connectivity index (χ0v) is 19.1. The Morgan fingerprint density at radius 2 is 1.79 bits per heavy atom. The van der Waals surface area contributed by atoms with E-state index in [1.54, 1.807) is 16.8 Å². The predicted octanol–water partition coefficient (Wildman–Crippen LogP) is 3.53. The molecule has 0 unspecified atom stereocenters. The number of hydrogen-bond acceptors (Lipinski definition) is 5. The molecule has 9 heteroatoms. The van der Waals surface area contributed by atoms with Crippen LogP contribution in [0.5, 0.6) is 0 Å². The van der Waals surface area contributed by atoms with Crippen molar-refractivity contribution in [2.24, 2.45) is 0 Å². The van der Waals surface area contributed by atoms with Gasteiger partial charge in [0.25, 0.3) is 5.91 Å². The summed E-state index contributed by atoms with van der Waals surface area (Å²) in [7, 11) is 0. The van der Waals surface area contributed by atoms with E-state index in [4.69, 9.17) is 0 Å². The number of amides is 2. The van der Waals surface area contributed by atoms with Gasteiger partial charge in [-0.25, -0.2) is 8.91 Å². The summed E-state index contributed by atoms with van der Waals surface area (Å²) >= 11 is 0. The molecular formula is C24H29FN6O2. The quantitative estimate of drug-likeness (QED) is 0.531. The first-order valence-electron chi connectivity index (χ1n) is 11.3. The Balaban J connectivity index is 1.58. The van der Waals surface area contributed by atoms with Crippen LogP contribution in [0.25, 0.3) is 16.8 Å². The minimum Gasteiger partial charge on any atom is -0.380 e. The van der Waals surface area contributed by atoms with Gasteiger partial charge in [0, 0.05) is 36.8 Å². The fraction of sp³-hybridized carbons (Fsp3) is 0.417. The molecule has 1 saturated carbocycles. The van der Waals surface area contributed by atoms with E-state index in [0.29, 0.717) is 16.9 Å². The molecule has 3 heterocycles. The number of fused-ring (bicyclic) bond motifs is 1. The number of halogens is 1. The SMILES string of the molecule is CC(=O)N[C@H]1CC[C@H](NC(=O)c2cnn3cc(-c4ccc(F)cn4)cc3c2NC(C)C)CC1. The van der Waals surface area contributed by atoms with Gasteiger partial charge in [-0.3, -0.25) is 14.6 Å². The zero-order chi connectivity index (χ0) is 23.5. The lowest BCUT2D eigenvalue weighted by Gasteiger charge is -2.29. The summed E-state index contributed by atoms with van der Waals surface area (Å²) in [6.07, 6.45) is 7.86. The Hall–Kier alpha value is -3.49. The largest absolute Gasteiger partial charge is 0.380 e. The molecule has 0 saturated heterocycles. The van der Waals surface area contributed by atoms with Crippen molar-refractivity contribution in [3.8, 4) is 11.3 Å². The molecule has 33 heavy (non-hydrogen) atoms. The standard InChI is InChI=1S/C24H29FN6O2/c1-14(2)28-23-20(24(33)30-19-7-5-18(6-8-19)29-15(3)32)12-27-31-13-16(10-22(23)31)21-9-4-17(25)11-26-21/h4,9-14,18-19,28H,5-8H2,1-3H3,(H,29,32)(H,30,33)/t18-,19-. The fourth-order valence-electron chi connectivity index (χ4n) is 4.29. The monoisotopic (exact) mass is 452 g/mol. The van der Waals surface area contributed by atoms with E-state index in [2.05, 4.69) is 26.0 Å². The van der Waals surface area contributed by atoms with Crippen LogP contribution < -0.4 is 16.0 Å². The van der Waals surface area contributed by atoms with Crippen molar-refractivity contribution in [3.05, 3.63) is 48.2 Å². The van der Waals surface area contributed by atoms with E-state index in [1.165, 1.54) is 19.2 Å². The number of nitrogens with zero attached hydrogens (tertiary/aromatic N) is 3. The number of pyridine rings is 1. The molecule has 4 rings (SSSR count). The highest BCUT2D eigenvalue weighted by Gasteiger charge is 2.25. The molecule has 1 aliphatic carbocycles. The fourth-order valence-corrected chi connectivity index (χ4v) is 4.29. The van der Waals surface area contributed by atoms with Crippen molar-refractivity contribution in [2.45, 2.75) is 64.6 Å². The summed E-state index contributed by atoms with van der Waals surface area (Å²) in [5, 5.41) is 13.9. The molecule has 0 spiro atoms. The van der Waals surface area contributed by atoms with Gasteiger partial charge in [0.1, 0.15) is 5.82 Å². The van der Waals surface area contributed by atoms with Crippen LogP contribution in [0.4, 0.5) is 10.1 Å². The predicted molar refractivity (Wildman–Crippen MR) is 124 cm³/mol. The number of aromatic nitrogens is 3. The van der Waals surface area contributed by atoms with Gasteiger partial charge in [0.15, 0.2) is 0 Å². The second kappa shape index (κ2) is 9.56. The molecule has 2 amide bonds. The van der Waals surface area contributed by atoms with Gasteiger partial charge in [-0.05, 0) is 57.7 Å². The molecule has 1 aliphatic rings. The van der Waals surface area contributed by atoms with Gasteiger partial charge in [-0.1, -0.05) is 0 Å². The van der Waals surface area contributed by atoms with Crippen molar-refractivity contribution in [1.82, 2.24) is 25.2 Å². The summed E-state index contributed by atoms with van der Waals surface area (Å²) in [6, 6.07) is 5.20. The third-order valence-corrected chi connectivity index (χ3v) is 5.81. The third kappa shape index (κ3) is 5.30. The Labute approximate surface area is 192 Å². The first kappa shape index (κ1) is 22.7. The van der Waals surface area contributed by atoms with Crippen LogP contribution in [-0.2, 0) is 4.79 Å². The highest BCUT2D eigenvalue weighted by Crippen LogP contribution is 2.29. The van der Waals surface area contributed by atoms with Gasteiger partial charge in [-0.2, -0.15) is 5.10 Å². The number of hydrogen-bond donors (Lipinski definition) is 3. The summed E-state index contributed by atoms with van der Waals surface area (Å²) in [5.41, 5.74) is 3.31. The lowest BCUT2D eigenvalue weighted by Crippen LogP contribution is -2.43. The molecule has 174 valence electrons. The van der Waals surface area contributed by atoms with Crippen LogP contribution >= 0.6 is 0 Å². The molecule has 0 aromatic carbocycles. The highest BCUT2D eigenvalue weighted by atomic mass is 19.1. The Morgan fingerprint density at radius 1 is 1.09 bits per heavy atom. The molecule has 0 atom stereocenters. The number of nitrogens with one attached hydrogen (secondary N) is 3. The first-order chi connectivity index (χ1) is 15.8. The van der Waals surface area contributed by atoms with E-state index in [9.17, 15) is 14.0 Å². The molecule has 3 aromatic rings. The van der Waals surface area contributed by atoms with E-state index < -0.39 is 5.82 Å².